The van der Waals surface area contributed by atoms with Gasteiger partial charge in [-0.2, -0.15) is 4.98 Å². The molecule has 1 heterocycles. The summed E-state index contributed by atoms with van der Waals surface area (Å²) in [5.41, 5.74) is 13.3. The number of anilines is 3. The van der Waals surface area contributed by atoms with Gasteiger partial charge in [-0.3, -0.25) is 0 Å². The van der Waals surface area contributed by atoms with Gasteiger partial charge in [-0.1, -0.05) is 44.9 Å². The summed E-state index contributed by atoms with van der Waals surface area (Å²) in [6.45, 7) is 1.03. The minimum Gasteiger partial charge on any atom is -0.385 e. The van der Waals surface area contributed by atoms with Gasteiger partial charge in [0.2, 0.25) is 5.95 Å². The maximum Gasteiger partial charge on any atom is 2.00 e. The van der Waals surface area contributed by atoms with Crippen LogP contribution in [-0.2, 0) is 17.1 Å². The van der Waals surface area contributed by atoms with Crippen molar-refractivity contribution in [3.63, 3.8) is 0 Å². The standard InChI is InChI=1S/C14H19N5.C5H10.2CH3.Fe/c15-13-11-7-10(17-8-9-3-1-2-4-9)5-6-12(11)18-14(16)19-13;1-2-4-5-3-1;;;/h5-7,9,17H,1-4,8H2,(H4,15,16,18,19);1-5H2;2*1H3;/q;;2*-1;+2. The van der Waals surface area contributed by atoms with Gasteiger partial charge in [-0.25, -0.2) is 4.98 Å². The monoisotopic (exact) mass is 413 g/mol. The van der Waals surface area contributed by atoms with Crippen LogP contribution in [0, 0.1) is 20.8 Å². The fourth-order valence-corrected chi connectivity index (χ4v) is 3.64. The number of rotatable bonds is 3. The minimum absolute atomic E-state index is 0. The molecule has 2 aliphatic carbocycles. The van der Waals surface area contributed by atoms with Gasteiger partial charge < -0.3 is 31.6 Å². The Morgan fingerprint density at radius 2 is 1.48 bits per heavy atom. The molecule has 0 radical (unpaired) electrons. The quantitative estimate of drug-likeness (QED) is 0.473. The van der Waals surface area contributed by atoms with E-state index in [0.717, 1.165) is 29.1 Å². The van der Waals surface area contributed by atoms with Gasteiger partial charge in [0.05, 0.1) is 5.52 Å². The number of hydrogen-bond donors (Lipinski definition) is 3. The van der Waals surface area contributed by atoms with E-state index in [1.165, 1.54) is 57.8 Å². The van der Waals surface area contributed by atoms with E-state index in [2.05, 4.69) is 15.3 Å². The largest absolute Gasteiger partial charge is 2.00 e. The van der Waals surface area contributed by atoms with Crippen LogP contribution < -0.4 is 16.8 Å². The summed E-state index contributed by atoms with van der Waals surface area (Å²) in [5.74, 6) is 1.46. The molecule has 2 fully saturated rings. The van der Waals surface area contributed by atoms with Crippen molar-refractivity contribution < 1.29 is 17.1 Å². The molecule has 0 atom stereocenters. The van der Waals surface area contributed by atoms with Crippen LogP contribution in [0.15, 0.2) is 18.2 Å². The SMILES string of the molecule is C1CCCC1.Nc1nc(N)c2cc(NCC3CCCC3)ccc2n1.[CH3-].[CH3-].[Fe+2]. The number of aromatic nitrogens is 2. The third kappa shape index (κ3) is 7.55. The fraction of sp³-hybridized carbons (Fsp3) is 0.524. The second kappa shape index (κ2) is 12.8. The molecule has 152 valence electrons. The summed E-state index contributed by atoms with van der Waals surface area (Å²) in [5, 5.41) is 4.33. The van der Waals surface area contributed by atoms with Gasteiger partial charge in [-0.05, 0) is 37.0 Å². The number of hydrogen-bond acceptors (Lipinski definition) is 5. The van der Waals surface area contributed by atoms with Gasteiger partial charge in [0.1, 0.15) is 5.82 Å². The Labute approximate surface area is 175 Å². The summed E-state index contributed by atoms with van der Waals surface area (Å²) < 4.78 is 0. The Kier molecular flexibility index (Phi) is 12.1. The molecule has 5 N–H and O–H groups in total. The van der Waals surface area contributed by atoms with Crippen molar-refractivity contribution in [2.45, 2.75) is 57.8 Å². The van der Waals surface area contributed by atoms with Gasteiger partial charge in [0.15, 0.2) is 0 Å². The van der Waals surface area contributed by atoms with Gasteiger partial charge in [0.25, 0.3) is 0 Å². The third-order valence-electron chi connectivity index (χ3n) is 5.06. The van der Waals surface area contributed by atoms with Crippen molar-refractivity contribution in [1.82, 2.24) is 9.97 Å². The normalized spacial score (nSPS) is 15.7. The summed E-state index contributed by atoms with van der Waals surface area (Å²) in [4.78, 5) is 8.17. The second-order valence-corrected chi connectivity index (χ2v) is 7.00. The first-order chi connectivity index (χ1) is 11.7. The molecule has 1 aromatic heterocycles. The number of nitrogens with one attached hydrogen (secondary N) is 1. The molecule has 2 saturated carbocycles. The van der Waals surface area contributed by atoms with Gasteiger partial charge in [0, 0.05) is 17.6 Å². The molecular formula is C21H35FeN5. The maximum absolute atomic E-state index is 5.89. The Balaban J connectivity index is 0.000000742. The summed E-state index contributed by atoms with van der Waals surface area (Å²) in [6, 6.07) is 5.95. The summed E-state index contributed by atoms with van der Waals surface area (Å²) >= 11 is 0. The van der Waals surface area contributed by atoms with E-state index in [1.54, 1.807) is 0 Å². The molecule has 0 bridgehead atoms. The molecule has 1 aromatic carbocycles. The van der Waals surface area contributed by atoms with E-state index in [0.29, 0.717) is 5.82 Å². The van der Waals surface area contributed by atoms with Crippen molar-refractivity contribution in [2.75, 3.05) is 23.3 Å². The first-order valence-corrected chi connectivity index (χ1v) is 9.29. The topological polar surface area (TPSA) is 89.8 Å². The van der Waals surface area contributed by atoms with Crippen molar-refractivity contribution >= 4 is 28.4 Å². The summed E-state index contributed by atoms with van der Waals surface area (Å²) in [6.07, 6.45) is 12.9. The molecule has 0 amide bonds. The average molecular weight is 413 g/mol. The smallest absolute Gasteiger partial charge is 0.385 e. The van der Waals surface area contributed by atoms with Crippen molar-refractivity contribution in [1.29, 1.82) is 0 Å². The molecule has 27 heavy (non-hydrogen) atoms. The molecule has 2 aromatic rings. The van der Waals surface area contributed by atoms with Crippen molar-refractivity contribution in [2.24, 2.45) is 5.92 Å². The van der Waals surface area contributed by atoms with Crippen LogP contribution in [-0.4, -0.2) is 16.5 Å². The molecule has 5 nitrogen and oxygen atoms in total. The van der Waals surface area contributed by atoms with E-state index in [9.17, 15) is 0 Å². The van der Waals surface area contributed by atoms with Crippen LogP contribution in [0.3, 0.4) is 0 Å². The first kappa shape index (κ1) is 25.5. The average Bonchev–Trinajstić information content (AvgIpc) is 3.29. The molecule has 6 heteroatoms. The van der Waals surface area contributed by atoms with E-state index < -0.39 is 0 Å². The van der Waals surface area contributed by atoms with E-state index in [-0.39, 0.29) is 37.9 Å². The molecule has 0 saturated heterocycles. The Morgan fingerprint density at radius 3 is 2.07 bits per heavy atom. The van der Waals surface area contributed by atoms with E-state index in [4.69, 9.17) is 11.5 Å². The number of benzene rings is 1. The zero-order valence-corrected chi connectivity index (χ0v) is 17.9. The Bertz CT molecular complexity index is 659. The molecule has 4 rings (SSSR count). The van der Waals surface area contributed by atoms with E-state index in [1.807, 2.05) is 18.2 Å². The predicted octanol–water partition coefficient (Wildman–Crippen LogP) is 5.24. The number of nitrogens with two attached hydrogens (primary N) is 2. The fourth-order valence-electron chi connectivity index (χ4n) is 3.64. The van der Waals surface area contributed by atoms with Crippen LogP contribution in [0.1, 0.15) is 57.8 Å². The van der Waals surface area contributed by atoms with Crippen molar-refractivity contribution in [3.05, 3.63) is 33.1 Å². The van der Waals surface area contributed by atoms with Crippen LogP contribution in [0.4, 0.5) is 17.5 Å². The Morgan fingerprint density at radius 1 is 0.889 bits per heavy atom. The number of fused-ring (bicyclic) bond motifs is 1. The minimum atomic E-state index is 0. The zero-order valence-electron chi connectivity index (χ0n) is 16.8. The number of nitrogen functional groups attached to an aromatic ring is 2. The predicted molar refractivity (Wildman–Crippen MR) is 115 cm³/mol. The van der Waals surface area contributed by atoms with Crippen LogP contribution in [0.2, 0.25) is 0 Å². The van der Waals surface area contributed by atoms with Gasteiger partial charge in [-0.15, -0.1) is 0 Å². The first-order valence-electron chi connectivity index (χ1n) is 9.29. The van der Waals surface area contributed by atoms with Crippen LogP contribution in [0.25, 0.3) is 10.9 Å². The maximum atomic E-state index is 5.89. The van der Waals surface area contributed by atoms with E-state index >= 15 is 0 Å². The third-order valence-corrected chi connectivity index (χ3v) is 5.06. The molecule has 0 spiro atoms. The Hall–Kier alpha value is -1.52. The molecule has 0 aliphatic heterocycles. The summed E-state index contributed by atoms with van der Waals surface area (Å²) in [7, 11) is 0. The number of nitrogens with zero attached hydrogens (tertiary/aromatic N) is 2. The van der Waals surface area contributed by atoms with Crippen molar-refractivity contribution in [3.8, 4) is 0 Å². The van der Waals surface area contributed by atoms with Crippen LogP contribution in [0.5, 0.6) is 0 Å². The van der Waals surface area contributed by atoms with Gasteiger partial charge >= 0.3 is 17.1 Å². The second-order valence-electron chi connectivity index (χ2n) is 7.00. The molecule has 0 unspecified atom stereocenters. The molecule has 2 aliphatic rings. The van der Waals surface area contributed by atoms with Crippen LogP contribution >= 0.6 is 0 Å². The molecular weight excluding hydrogens is 378 g/mol. The zero-order chi connectivity index (χ0) is 16.8.